The monoisotopic (exact) mass is 324 g/mol. The van der Waals surface area contributed by atoms with E-state index in [2.05, 4.69) is 18.8 Å². The third-order valence-corrected chi connectivity index (χ3v) is 4.41. The van der Waals surface area contributed by atoms with Crippen molar-refractivity contribution >= 4 is 23.2 Å². The molecule has 2 rings (SSSR count). The molecular weight excluding hydrogens is 300 g/mol. The summed E-state index contributed by atoms with van der Waals surface area (Å²) in [5.41, 5.74) is 0.338. The largest absolute Gasteiger partial charge is 0.461 e. The van der Waals surface area contributed by atoms with Crippen LogP contribution in [-0.4, -0.2) is 34.9 Å². The predicted molar refractivity (Wildman–Crippen MR) is 85.7 cm³/mol. The normalized spacial score (nSPS) is 14.2. The zero-order chi connectivity index (χ0) is 16.1. The van der Waals surface area contributed by atoms with Gasteiger partial charge in [0.2, 0.25) is 5.91 Å². The van der Waals surface area contributed by atoms with Crippen molar-refractivity contribution in [2.24, 2.45) is 11.8 Å². The Morgan fingerprint density at radius 3 is 2.77 bits per heavy atom. The third kappa shape index (κ3) is 4.80. The van der Waals surface area contributed by atoms with Crippen LogP contribution in [0.15, 0.2) is 5.38 Å². The van der Waals surface area contributed by atoms with E-state index in [9.17, 15) is 9.59 Å². The minimum atomic E-state index is -0.396. The van der Waals surface area contributed by atoms with Crippen LogP contribution in [0.5, 0.6) is 0 Å². The quantitative estimate of drug-likeness (QED) is 0.689. The van der Waals surface area contributed by atoms with Crippen LogP contribution in [0.1, 0.15) is 55.5 Å². The standard InChI is InChI=1S/C16H24N2O3S/c1-4-21-16(20)13-10-22-14(17-13)9-18(8-7-11(2)3)15(19)12-5-6-12/h10-12H,4-9H2,1-3H3. The summed E-state index contributed by atoms with van der Waals surface area (Å²) in [5.74, 6) is 0.596. The molecule has 122 valence electrons. The molecule has 1 saturated carbocycles. The van der Waals surface area contributed by atoms with Gasteiger partial charge in [-0.05, 0) is 32.1 Å². The molecule has 5 nitrogen and oxygen atoms in total. The van der Waals surface area contributed by atoms with Gasteiger partial charge in [0, 0.05) is 17.8 Å². The Labute approximate surface area is 135 Å². The summed E-state index contributed by atoms with van der Waals surface area (Å²) in [6, 6.07) is 0. The number of ether oxygens (including phenoxy) is 1. The zero-order valence-corrected chi connectivity index (χ0v) is 14.3. The molecule has 1 heterocycles. The Bertz CT molecular complexity index is 523. The van der Waals surface area contributed by atoms with Crippen molar-refractivity contribution in [1.82, 2.24) is 9.88 Å². The van der Waals surface area contributed by atoms with Crippen molar-refractivity contribution < 1.29 is 14.3 Å². The van der Waals surface area contributed by atoms with Gasteiger partial charge in [-0.2, -0.15) is 0 Å². The average Bonchev–Trinajstić information content (AvgIpc) is 3.22. The molecule has 0 atom stereocenters. The van der Waals surface area contributed by atoms with Crippen LogP contribution < -0.4 is 0 Å². The molecule has 0 radical (unpaired) electrons. The lowest BCUT2D eigenvalue weighted by Crippen LogP contribution is -2.33. The number of nitrogens with zero attached hydrogens (tertiary/aromatic N) is 2. The van der Waals surface area contributed by atoms with Gasteiger partial charge in [-0.1, -0.05) is 13.8 Å². The summed E-state index contributed by atoms with van der Waals surface area (Å²) < 4.78 is 4.95. The summed E-state index contributed by atoms with van der Waals surface area (Å²) in [6.07, 6.45) is 2.99. The SMILES string of the molecule is CCOC(=O)c1csc(CN(CCC(C)C)C(=O)C2CC2)n1. The highest BCUT2D eigenvalue weighted by Crippen LogP contribution is 2.32. The molecule has 1 aromatic heterocycles. The first kappa shape index (κ1) is 16.9. The molecule has 0 bridgehead atoms. The lowest BCUT2D eigenvalue weighted by Gasteiger charge is -2.22. The third-order valence-electron chi connectivity index (χ3n) is 3.58. The van der Waals surface area contributed by atoms with Gasteiger partial charge in [-0.25, -0.2) is 9.78 Å². The van der Waals surface area contributed by atoms with Crippen LogP contribution in [0.3, 0.4) is 0 Å². The van der Waals surface area contributed by atoms with Crippen LogP contribution >= 0.6 is 11.3 Å². The smallest absolute Gasteiger partial charge is 0.357 e. The summed E-state index contributed by atoms with van der Waals surface area (Å²) >= 11 is 1.41. The van der Waals surface area contributed by atoms with Gasteiger partial charge in [0.25, 0.3) is 0 Å². The van der Waals surface area contributed by atoms with Crippen molar-refractivity contribution in [3.63, 3.8) is 0 Å². The first-order chi connectivity index (χ1) is 10.5. The van der Waals surface area contributed by atoms with Gasteiger partial charge in [-0.3, -0.25) is 4.79 Å². The lowest BCUT2D eigenvalue weighted by atomic mass is 10.1. The number of rotatable bonds is 8. The highest BCUT2D eigenvalue weighted by molar-refractivity contribution is 7.09. The van der Waals surface area contributed by atoms with Crippen LogP contribution in [-0.2, 0) is 16.1 Å². The molecule has 0 aromatic carbocycles. The van der Waals surface area contributed by atoms with Crippen molar-refractivity contribution in [3.8, 4) is 0 Å². The maximum atomic E-state index is 12.4. The molecule has 1 amide bonds. The topological polar surface area (TPSA) is 59.5 Å². The molecule has 0 unspecified atom stereocenters. The molecule has 0 N–H and O–H groups in total. The van der Waals surface area contributed by atoms with E-state index in [1.807, 2.05) is 4.90 Å². The maximum Gasteiger partial charge on any atom is 0.357 e. The van der Waals surface area contributed by atoms with Crippen molar-refractivity contribution in [1.29, 1.82) is 0 Å². The minimum Gasteiger partial charge on any atom is -0.461 e. The van der Waals surface area contributed by atoms with E-state index < -0.39 is 5.97 Å². The molecule has 22 heavy (non-hydrogen) atoms. The van der Waals surface area contributed by atoms with Crippen LogP contribution in [0.25, 0.3) is 0 Å². The van der Waals surface area contributed by atoms with E-state index in [1.165, 1.54) is 11.3 Å². The Kier molecular flexibility index (Phi) is 5.94. The number of carbonyl (C=O) groups is 2. The van der Waals surface area contributed by atoms with Gasteiger partial charge in [-0.15, -0.1) is 11.3 Å². The maximum absolute atomic E-state index is 12.4. The Morgan fingerprint density at radius 1 is 1.45 bits per heavy atom. The second-order valence-corrected chi connectivity index (χ2v) is 7.01. The molecule has 6 heteroatoms. The van der Waals surface area contributed by atoms with Crippen molar-refractivity contribution in [2.75, 3.05) is 13.2 Å². The first-order valence-corrected chi connectivity index (χ1v) is 8.79. The van der Waals surface area contributed by atoms with E-state index in [-0.39, 0.29) is 11.8 Å². The van der Waals surface area contributed by atoms with Gasteiger partial charge in [0.1, 0.15) is 5.01 Å². The van der Waals surface area contributed by atoms with Crippen LogP contribution in [0.4, 0.5) is 0 Å². The fourth-order valence-electron chi connectivity index (χ4n) is 2.12. The van der Waals surface area contributed by atoms with Crippen molar-refractivity contribution in [2.45, 2.75) is 46.6 Å². The van der Waals surface area contributed by atoms with Gasteiger partial charge in [0.15, 0.2) is 5.69 Å². The molecule has 0 aliphatic heterocycles. The van der Waals surface area contributed by atoms with Crippen LogP contribution in [0.2, 0.25) is 0 Å². The highest BCUT2D eigenvalue weighted by Gasteiger charge is 2.33. The van der Waals surface area contributed by atoms with Gasteiger partial charge in [0.05, 0.1) is 13.2 Å². The molecule has 0 spiro atoms. The summed E-state index contributed by atoms with van der Waals surface area (Å²) in [7, 11) is 0. The summed E-state index contributed by atoms with van der Waals surface area (Å²) in [4.78, 5) is 30.2. The molecule has 1 aromatic rings. The van der Waals surface area contributed by atoms with E-state index in [1.54, 1.807) is 12.3 Å². The van der Waals surface area contributed by atoms with Gasteiger partial charge >= 0.3 is 5.97 Å². The number of amides is 1. The molecule has 1 aliphatic rings. The highest BCUT2D eigenvalue weighted by atomic mass is 32.1. The number of aromatic nitrogens is 1. The molecular formula is C16H24N2O3S. The number of esters is 1. The molecule has 1 fully saturated rings. The number of hydrogen-bond acceptors (Lipinski definition) is 5. The predicted octanol–water partition coefficient (Wildman–Crippen LogP) is 3.10. The second-order valence-electron chi connectivity index (χ2n) is 6.06. The fourth-order valence-corrected chi connectivity index (χ4v) is 2.89. The molecule has 0 saturated heterocycles. The lowest BCUT2D eigenvalue weighted by molar-refractivity contribution is -0.133. The van der Waals surface area contributed by atoms with Crippen molar-refractivity contribution in [3.05, 3.63) is 16.1 Å². The summed E-state index contributed by atoms with van der Waals surface area (Å²) in [5, 5.41) is 2.50. The first-order valence-electron chi connectivity index (χ1n) is 7.91. The number of carbonyl (C=O) groups excluding carboxylic acids is 2. The second kappa shape index (κ2) is 7.72. The van der Waals surface area contributed by atoms with E-state index >= 15 is 0 Å². The Hall–Kier alpha value is -1.43. The summed E-state index contributed by atoms with van der Waals surface area (Å²) in [6.45, 7) is 7.66. The molecule has 1 aliphatic carbocycles. The zero-order valence-electron chi connectivity index (χ0n) is 13.5. The van der Waals surface area contributed by atoms with E-state index in [0.717, 1.165) is 30.8 Å². The average molecular weight is 324 g/mol. The Balaban J connectivity index is 1.99. The number of hydrogen-bond donors (Lipinski definition) is 0. The fraction of sp³-hybridized carbons (Fsp3) is 0.688. The van der Waals surface area contributed by atoms with Gasteiger partial charge < -0.3 is 9.64 Å². The van der Waals surface area contributed by atoms with Crippen LogP contribution in [0, 0.1) is 11.8 Å². The van der Waals surface area contributed by atoms with E-state index in [0.29, 0.717) is 24.8 Å². The number of thiazole rings is 1. The Morgan fingerprint density at radius 2 is 2.18 bits per heavy atom. The minimum absolute atomic E-state index is 0.205. The van der Waals surface area contributed by atoms with E-state index in [4.69, 9.17) is 4.74 Å².